The molecule has 0 aliphatic heterocycles. The average Bonchev–Trinajstić information content (AvgIpc) is 2.61. The van der Waals surface area contributed by atoms with Crippen LogP contribution in [0.2, 0.25) is 0 Å². The summed E-state index contributed by atoms with van der Waals surface area (Å²) < 4.78 is 25.3. The number of nitro groups is 1. The Morgan fingerprint density at radius 2 is 2.00 bits per heavy atom. The van der Waals surface area contributed by atoms with Gasteiger partial charge in [0.1, 0.15) is 0 Å². The highest BCUT2D eigenvalue weighted by Gasteiger charge is 2.20. The molecule has 0 saturated carbocycles. The molecule has 0 aliphatic carbocycles. The summed E-state index contributed by atoms with van der Waals surface area (Å²) in [6, 6.07) is 11.9. The van der Waals surface area contributed by atoms with Gasteiger partial charge in [-0.3, -0.25) is 15.4 Å². The van der Waals surface area contributed by atoms with E-state index in [0.29, 0.717) is 5.56 Å². The normalized spacial score (nSPS) is 11.6. The maximum absolute atomic E-state index is 12.7. The molecule has 0 aromatic heterocycles. The first kappa shape index (κ1) is 19.4. The number of rotatable bonds is 5. The molecule has 10 heteroatoms. The molecule has 2 rings (SSSR count). The van der Waals surface area contributed by atoms with E-state index in [1.807, 2.05) is 0 Å². The Morgan fingerprint density at radius 3 is 2.58 bits per heavy atom. The number of nitro benzene ring substituents is 1. The van der Waals surface area contributed by atoms with Crippen molar-refractivity contribution < 1.29 is 13.3 Å². The fourth-order valence-electron chi connectivity index (χ4n) is 2.08. The molecule has 8 nitrogen and oxygen atoms in total. The van der Waals surface area contributed by atoms with Gasteiger partial charge in [-0.05, 0) is 17.9 Å². The van der Waals surface area contributed by atoms with E-state index in [1.165, 1.54) is 6.07 Å². The minimum Gasteiger partial charge on any atom is -0.271 e. The van der Waals surface area contributed by atoms with E-state index in [4.69, 9.17) is 5.26 Å². The summed E-state index contributed by atoms with van der Waals surface area (Å²) in [5.41, 5.74) is 0.244. The average molecular weight is 390 g/mol. The Bertz CT molecular complexity index is 983. The minimum absolute atomic E-state index is 0.0675. The van der Waals surface area contributed by atoms with Crippen LogP contribution < -0.4 is 5.32 Å². The second-order valence-electron chi connectivity index (χ2n) is 5.04. The zero-order chi connectivity index (χ0) is 19.2. The lowest BCUT2D eigenvalue weighted by Gasteiger charge is -2.07. The van der Waals surface area contributed by atoms with Crippen LogP contribution in [-0.2, 0) is 15.6 Å². The SMILES string of the molecule is CSC(=Nc1cc([N+](=O)[O-])cc(S(=O)(=O)Cc2ccccc2)c1)NC#N. The van der Waals surface area contributed by atoms with Crippen molar-refractivity contribution >= 4 is 38.1 Å². The first-order valence-corrected chi connectivity index (χ1v) is 10.1. The molecule has 0 amide bonds. The van der Waals surface area contributed by atoms with Crippen molar-refractivity contribution in [2.45, 2.75) is 10.6 Å². The third-order valence-electron chi connectivity index (χ3n) is 3.23. The molecule has 0 atom stereocenters. The van der Waals surface area contributed by atoms with Crippen LogP contribution in [0, 0.1) is 21.6 Å². The van der Waals surface area contributed by atoms with Gasteiger partial charge in [-0.2, -0.15) is 5.26 Å². The fourth-order valence-corrected chi connectivity index (χ4v) is 3.83. The topological polar surface area (TPSA) is 125 Å². The standard InChI is InChI=1S/C16H14N4O4S2/c1-25-16(18-11-17)19-13-7-14(20(21)22)9-15(8-13)26(23,24)10-12-5-3-2-4-6-12/h2-9H,10H2,1H3,(H,18,19). The molecular weight excluding hydrogens is 376 g/mol. The van der Waals surface area contributed by atoms with Gasteiger partial charge in [0.25, 0.3) is 5.69 Å². The van der Waals surface area contributed by atoms with Crippen LogP contribution in [0.25, 0.3) is 0 Å². The van der Waals surface area contributed by atoms with Crippen molar-refractivity contribution in [2.24, 2.45) is 4.99 Å². The number of non-ortho nitro benzene ring substituents is 1. The van der Waals surface area contributed by atoms with Crippen molar-refractivity contribution in [1.29, 1.82) is 5.26 Å². The Kier molecular flexibility index (Phi) is 6.32. The number of nitrogens with one attached hydrogen (secondary N) is 1. The van der Waals surface area contributed by atoms with E-state index in [0.717, 1.165) is 23.9 Å². The predicted molar refractivity (Wildman–Crippen MR) is 99.8 cm³/mol. The molecule has 2 aromatic carbocycles. The van der Waals surface area contributed by atoms with E-state index in [-0.39, 0.29) is 21.5 Å². The number of sulfone groups is 1. The summed E-state index contributed by atoms with van der Waals surface area (Å²) in [5, 5.41) is 22.4. The molecule has 0 saturated heterocycles. The zero-order valence-electron chi connectivity index (χ0n) is 13.6. The number of aliphatic imine (C=N–C) groups is 1. The molecule has 0 heterocycles. The van der Waals surface area contributed by atoms with Crippen LogP contribution >= 0.6 is 11.8 Å². The van der Waals surface area contributed by atoms with Gasteiger partial charge in [-0.25, -0.2) is 13.4 Å². The highest BCUT2D eigenvalue weighted by molar-refractivity contribution is 8.13. The molecule has 1 N–H and O–H groups in total. The van der Waals surface area contributed by atoms with Crippen LogP contribution in [0.15, 0.2) is 58.4 Å². The van der Waals surface area contributed by atoms with Crippen molar-refractivity contribution in [3.05, 3.63) is 64.2 Å². The van der Waals surface area contributed by atoms with Gasteiger partial charge in [0, 0.05) is 12.1 Å². The van der Waals surface area contributed by atoms with Crippen LogP contribution in [0.4, 0.5) is 11.4 Å². The number of nitrogens with zero attached hydrogens (tertiary/aromatic N) is 3. The number of hydrogen-bond acceptors (Lipinski definition) is 7. The Labute approximate surface area is 154 Å². The van der Waals surface area contributed by atoms with Crippen LogP contribution in [-0.4, -0.2) is 24.8 Å². The summed E-state index contributed by atoms with van der Waals surface area (Å²) in [7, 11) is -3.81. The van der Waals surface area contributed by atoms with Crippen LogP contribution in [0.3, 0.4) is 0 Å². The first-order valence-electron chi connectivity index (χ1n) is 7.19. The Hall–Kier alpha value is -2.90. The summed E-state index contributed by atoms with van der Waals surface area (Å²) in [6.07, 6.45) is 3.36. The lowest BCUT2D eigenvalue weighted by atomic mass is 10.2. The van der Waals surface area contributed by atoms with Gasteiger partial charge < -0.3 is 0 Å². The molecule has 0 spiro atoms. The molecule has 26 heavy (non-hydrogen) atoms. The van der Waals surface area contributed by atoms with Gasteiger partial charge in [-0.15, -0.1) is 0 Å². The second kappa shape index (κ2) is 8.46. The lowest BCUT2D eigenvalue weighted by molar-refractivity contribution is -0.385. The van der Waals surface area contributed by atoms with E-state index in [2.05, 4.69) is 10.3 Å². The maximum Gasteiger partial charge on any atom is 0.272 e. The molecule has 2 aromatic rings. The van der Waals surface area contributed by atoms with Gasteiger partial charge >= 0.3 is 0 Å². The smallest absolute Gasteiger partial charge is 0.271 e. The van der Waals surface area contributed by atoms with E-state index in [9.17, 15) is 18.5 Å². The third kappa shape index (κ3) is 5.05. The molecule has 0 fully saturated rings. The van der Waals surface area contributed by atoms with Gasteiger partial charge in [-0.1, -0.05) is 42.1 Å². The Balaban J connectivity index is 2.51. The number of amidine groups is 1. The molecule has 134 valence electrons. The van der Waals surface area contributed by atoms with E-state index >= 15 is 0 Å². The van der Waals surface area contributed by atoms with Crippen molar-refractivity contribution in [3.8, 4) is 6.19 Å². The largest absolute Gasteiger partial charge is 0.272 e. The van der Waals surface area contributed by atoms with Crippen LogP contribution in [0.1, 0.15) is 5.56 Å². The van der Waals surface area contributed by atoms with Gasteiger partial charge in [0.05, 0.1) is 21.3 Å². The van der Waals surface area contributed by atoms with Gasteiger partial charge in [0.15, 0.2) is 21.2 Å². The molecular formula is C16H14N4O4S2. The number of nitriles is 1. The van der Waals surface area contributed by atoms with Crippen molar-refractivity contribution in [3.63, 3.8) is 0 Å². The maximum atomic E-state index is 12.7. The fraction of sp³-hybridized carbons (Fsp3) is 0.125. The molecule has 0 aliphatic rings. The second-order valence-corrected chi connectivity index (χ2v) is 7.83. The van der Waals surface area contributed by atoms with Crippen LogP contribution in [0.5, 0.6) is 0 Å². The van der Waals surface area contributed by atoms with E-state index < -0.39 is 20.4 Å². The lowest BCUT2D eigenvalue weighted by Crippen LogP contribution is -2.12. The molecule has 0 radical (unpaired) electrons. The number of hydrogen-bond donors (Lipinski definition) is 1. The first-order chi connectivity index (χ1) is 12.4. The quantitative estimate of drug-likeness (QED) is 0.208. The predicted octanol–water partition coefficient (Wildman–Crippen LogP) is 2.99. The highest BCUT2D eigenvalue weighted by atomic mass is 32.2. The number of benzene rings is 2. The zero-order valence-corrected chi connectivity index (χ0v) is 15.3. The summed E-state index contributed by atoms with van der Waals surface area (Å²) >= 11 is 1.12. The molecule has 0 bridgehead atoms. The number of thioether (sulfide) groups is 1. The highest BCUT2D eigenvalue weighted by Crippen LogP contribution is 2.28. The monoisotopic (exact) mass is 390 g/mol. The summed E-state index contributed by atoms with van der Waals surface area (Å²) in [4.78, 5) is 14.3. The summed E-state index contributed by atoms with van der Waals surface area (Å²) in [5.74, 6) is -0.288. The third-order valence-corrected chi connectivity index (χ3v) is 5.48. The van der Waals surface area contributed by atoms with Crippen molar-refractivity contribution in [2.75, 3.05) is 6.26 Å². The van der Waals surface area contributed by atoms with Gasteiger partial charge in [0.2, 0.25) is 0 Å². The molecule has 0 unspecified atom stereocenters. The van der Waals surface area contributed by atoms with E-state index in [1.54, 1.807) is 42.8 Å². The minimum atomic E-state index is -3.81. The Morgan fingerprint density at radius 1 is 1.31 bits per heavy atom. The summed E-state index contributed by atoms with van der Waals surface area (Å²) in [6.45, 7) is 0. The van der Waals surface area contributed by atoms with Crippen molar-refractivity contribution in [1.82, 2.24) is 5.32 Å².